The number of aliphatic hydroxyl groups is 1. The predicted octanol–water partition coefficient (Wildman–Crippen LogP) is 1.81. The Balaban J connectivity index is 1.59. The normalized spacial score (nSPS) is 26.0. The molecule has 0 aromatic carbocycles. The minimum atomic E-state index is 0.302. The number of likely N-dealkylation sites (N-methyl/N-ethyl adjacent to an activating group) is 1. The minimum absolute atomic E-state index is 0.302. The molecule has 152 valence electrons. The van der Waals surface area contributed by atoms with Crippen LogP contribution in [0.15, 0.2) is 12.4 Å². The van der Waals surface area contributed by atoms with E-state index in [2.05, 4.69) is 45.6 Å². The number of hydrogen-bond donors (Lipinski definition) is 1. The number of likely N-dealkylation sites (tertiary alicyclic amines) is 1. The average Bonchev–Trinajstić information content (AvgIpc) is 2.68. The largest absolute Gasteiger partial charge is 0.396 e. The molecule has 2 saturated heterocycles. The SMILES string of the molecule is CC(C)c1ncc(CN2CC[C@@H](N3CCN(C)CC3)[C@@H](CCCO)C2)cn1. The molecule has 3 heterocycles. The van der Waals surface area contributed by atoms with Crippen molar-refractivity contribution < 1.29 is 5.11 Å². The summed E-state index contributed by atoms with van der Waals surface area (Å²) < 4.78 is 0. The molecule has 0 spiro atoms. The van der Waals surface area contributed by atoms with Crippen molar-refractivity contribution in [2.75, 3.05) is 52.9 Å². The highest BCUT2D eigenvalue weighted by atomic mass is 16.2. The highest BCUT2D eigenvalue weighted by Gasteiger charge is 2.34. The Bertz CT molecular complexity index is 556. The Morgan fingerprint density at radius 1 is 1.11 bits per heavy atom. The van der Waals surface area contributed by atoms with E-state index in [1.165, 1.54) is 38.2 Å². The number of hydrogen-bond acceptors (Lipinski definition) is 6. The van der Waals surface area contributed by atoms with Gasteiger partial charge in [-0.15, -0.1) is 0 Å². The van der Waals surface area contributed by atoms with Gasteiger partial charge in [-0.25, -0.2) is 9.97 Å². The van der Waals surface area contributed by atoms with Crippen LogP contribution >= 0.6 is 0 Å². The van der Waals surface area contributed by atoms with Crippen LogP contribution in [0.25, 0.3) is 0 Å². The third-order valence-electron chi connectivity index (χ3n) is 6.17. The average molecular weight is 376 g/mol. The first-order valence-electron chi connectivity index (χ1n) is 10.6. The number of piperazine rings is 1. The Morgan fingerprint density at radius 2 is 1.81 bits per heavy atom. The molecule has 1 aromatic heterocycles. The number of piperidine rings is 1. The molecule has 0 amide bonds. The smallest absolute Gasteiger partial charge is 0.130 e. The monoisotopic (exact) mass is 375 g/mol. The molecule has 2 aliphatic rings. The van der Waals surface area contributed by atoms with Crippen LogP contribution in [-0.2, 0) is 6.54 Å². The van der Waals surface area contributed by atoms with E-state index in [1.807, 2.05) is 12.4 Å². The van der Waals surface area contributed by atoms with Gasteiger partial charge in [-0.05, 0) is 38.8 Å². The van der Waals surface area contributed by atoms with E-state index in [-0.39, 0.29) is 0 Å². The van der Waals surface area contributed by atoms with Gasteiger partial charge in [-0.3, -0.25) is 9.80 Å². The van der Waals surface area contributed by atoms with Gasteiger partial charge >= 0.3 is 0 Å². The Labute approximate surface area is 164 Å². The molecule has 0 radical (unpaired) electrons. The summed E-state index contributed by atoms with van der Waals surface area (Å²) in [5.41, 5.74) is 1.21. The number of rotatable bonds is 7. The molecule has 3 rings (SSSR count). The molecule has 1 aromatic rings. The van der Waals surface area contributed by atoms with Crippen LogP contribution < -0.4 is 0 Å². The van der Waals surface area contributed by atoms with Gasteiger partial charge in [0.1, 0.15) is 5.82 Å². The van der Waals surface area contributed by atoms with Gasteiger partial charge in [0.15, 0.2) is 0 Å². The molecule has 2 aliphatic heterocycles. The van der Waals surface area contributed by atoms with E-state index in [9.17, 15) is 5.11 Å². The minimum Gasteiger partial charge on any atom is -0.396 e. The van der Waals surface area contributed by atoms with E-state index in [0.717, 1.165) is 38.3 Å². The molecular formula is C21H37N5O. The first-order chi connectivity index (χ1) is 13.1. The predicted molar refractivity (Wildman–Crippen MR) is 109 cm³/mol. The van der Waals surface area contributed by atoms with Crippen LogP contribution in [0.4, 0.5) is 0 Å². The first-order valence-corrected chi connectivity index (χ1v) is 10.6. The maximum Gasteiger partial charge on any atom is 0.130 e. The van der Waals surface area contributed by atoms with Crippen molar-refractivity contribution in [3.05, 3.63) is 23.8 Å². The fraction of sp³-hybridized carbons (Fsp3) is 0.810. The molecule has 0 saturated carbocycles. The number of aliphatic hydroxyl groups excluding tert-OH is 1. The van der Waals surface area contributed by atoms with Crippen LogP contribution in [0.2, 0.25) is 0 Å². The van der Waals surface area contributed by atoms with Crippen molar-refractivity contribution in [2.45, 2.75) is 51.6 Å². The zero-order valence-corrected chi connectivity index (χ0v) is 17.3. The van der Waals surface area contributed by atoms with Crippen molar-refractivity contribution in [1.82, 2.24) is 24.7 Å². The summed E-state index contributed by atoms with van der Waals surface area (Å²) in [6.07, 6.45) is 7.25. The second-order valence-corrected chi connectivity index (χ2v) is 8.66. The maximum absolute atomic E-state index is 9.35. The molecule has 0 unspecified atom stereocenters. The number of aromatic nitrogens is 2. The van der Waals surface area contributed by atoms with E-state index in [4.69, 9.17) is 0 Å². The lowest BCUT2D eigenvalue weighted by atomic mass is 9.86. The summed E-state index contributed by atoms with van der Waals surface area (Å²) in [7, 11) is 2.22. The van der Waals surface area contributed by atoms with E-state index in [1.54, 1.807) is 0 Å². The van der Waals surface area contributed by atoms with Gasteiger partial charge in [0, 0.05) is 75.8 Å². The van der Waals surface area contributed by atoms with Gasteiger partial charge in [0.05, 0.1) is 0 Å². The molecule has 1 N–H and O–H groups in total. The molecule has 0 aliphatic carbocycles. The molecular weight excluding hydrogens is 338 g/mol. The zero-order chi connectivity index (χ0) is 19.2. The van der Waals surface area contributed by atoms with Gasteiger partial charge in [-0.2, -0.15) is 0 Å². The van der Waals surface area contributed by atoms with Crippen molar-refractivity contribution >= 4 is 0 Å². The second-order valence-electron chi connectivity index (χ2n) is 8.66. The summed E-state index contributed by atoms with van der Waals surface area (Å²) in [6, 6.07) is 0.668. The van der Waals surface area contributed by atoms with Crippen molar-refractivity contribution in [2.24, 2.45) is 5.92 Å². The molecule has 6 nitrogen and oxygen atoms in total. The fourth-order valence-corrected chi connectivity index (χ4v) is 4.51. The summed E-state index contributed by atoms with van der Waals surface area (Å²) in [5, 5.41) is 9.35. The van der Waals surface area contributed by atoms with Crippen LogP contribution in [0, 0.1) is 5.92 Å². The van der Waals surface area contributed by atoms with Gasteiger partial charge in [0.2, 0.25) is 0 Å². The maximum atomic E-state index is 9.35. The van der Waals surface area contributed by atoms with Crippen LogP contribution in [0.1, 0.15) is 50.4 Å². The summed E-state index contributed by atoms with van der Waals surface area (Å²) >= 11 is 0. The molecule has 2 fully saturated rings. The van der Waals surface area contributed by atoms with Crippen LogP contribution in [-0.4, -0.2) is 88.7 Å². The highest BCUT2D eigenvalue weighted by Crippen LogP contribution is 2.28. The van der Waals surface area contributed by atoms with Crippen LogP contribution in [0.5, 0.6) is 0 Å². The lowest BCUT2D eigenvalue weighted by Crippen LogP contribution is -2.56. The van der Waals surface area contributed by atoms with Gasteiger partial charge in [-0.1, -0.05) is 13.8 Å². The third kappa shape index (κ3) is 5.70. The lowest BCUT2D eigenvalue weighted by Gasteiger charge is -2.46. The van der Waals surface area contributed by atoms with Gasteiger partial charge < -0.3 is 10.0 Å². The second kappa shape index (κ2) is 9.92. The van der Waals surface area contributed by atoms with E-state index < -0.39 is 0 Å². The van der Waals surface area contributed by atoms with E-state index in [0.29, 0.717) is 24.5 Å². The van der Waals surface area contributed by atoms with Crippen molar-refractivity contribution in [3.63, 3.8) is 0 Å². The topological polar surface area (TPSA) is 55.7 Å². The summed E-state index contributed by atoms with van der Waals surface area (Å²) in [5.74, 6) is 1.94. The number of nitrogens with zero attached hydrogens (tertiary/aromatic N) is 5. The van der Waals surface area contributed by atoms with Gasteiger partial charge in [0.25, 0.3) is 0 Å². The Kier molecular flexibility index (Phi) is 7.58. The summed E-state index contributed by atoms with van der Waals surface area (Å²) in [4.78, 5) is 16.7. The quantitative estimate of drug-likeness (QED) is 0.784. The molecule has 2 atom stereocenters. The highest BCUT2D eigenvalue weighted by molar-refractivity contribution is 5.07. The molecule has 27 heavy (non-hydrogen) atoms. The lowest BCUT2D eigenvalue weighted by molar-refractivity contribution is 0.0211. The van der Waals surface area contributed by atoms with Crippen molar-refractivity contribution in [3.8, 4) is 0 Å². The molecule has 0 bridgehead atoms. The Hall–Kier alpha value is -1.08. The Morgan fingerprint density at radius 3 is 2.44 bits per heavy atom. The molecule has 6 heteroatoms. The zero-order valence-electron chi connectivity index (χ0n) is 17.3. The fourth-order valence-electron chi connectivity index (χ4n) is 4.51. The third-order valence-corrected chi connectivity index (χ3v) is 6.17. The summed E-state index contributed by atoms with van der Waals surface area (Å²) in [6.45, 7) is 12.5. The standard InChI is InChI=1S/C21H37N5O/c1-17(2)21-22-13-18(14-23-21)15-25-7-6-20(19(16-25)5-4-12-27)26-10-8-24(3)9-11-26/h13-14,17,19-20,27H,4-12,15-16H2,1-3H3/t19-,20+/m0/s1. The first kappa shape index (κ1) is 20.6. The van der Waals surface area contributed by atoms with Crippen molar-refractivity contribution in [1.29, 1.82) is 0 Å². The van der Waals surface area contributed by atoms with E-state index >= 15 is 0 Å². The van der Waals surface area contributed by atoms with Crippen LogP contribution in [0.3, 0.4) is 0 Å².